The Bertz CT molecular complexity index is 1050. The molecule has 2 fully saturated rings. The van der Waals surface area contributed by atoms with Crippen LogP contribution in [0.2, 0.25) is 0 Å². The van der Waals surface area contributed by atoms with E-state index in [-0.39, 0.29) is 61.0 Å². The summed E-state index contributed by atoms with van der Waals surface area (Å²) in [6.07, 6.45) is 9.40. The molecule has 0 amide bonds. The lowest BCUT2D eigenvalue weighted by molar-refractivity contribution is -0.157. The normalized spacial score (nSPS) is 39.7. The molecule has 3 aliphatic heterocycles. The Morgan fingerprint density at radius 2 is 1.98 bits per heavy atom. The Balaban J connectivity index is 1.83. The highest BCUT2D eigenvalue weighted by molar-refractivity contribution is 5.70. The van der Waals surface area contributed by atoms with Gasteiger partial charge in [-0.1, -0.05) is 45.1 Å². The number of esters is 2. The summed E-state index contributed by atoms with van der Waals surface area (Å²) in [6.45, 7) is 14.9. The molecule has 3 heterocycles. The van der Waals surface area contributed by atoms with Gasteiger partial charge in [0.2, 0.25) is 0 Å². The highest BCUT2D eigenvalue weighted by atomic mass is 16.6. The molecule has 10 nitrogen and oxygen atoms in total. The quantitative estimate of drug-likeness (QED) is 0.131. The van der Waals surface area contributed by atoms with E-state index in [1.807, 2.05) is 32.1 Å². The van der Waals surface area contributed by atoms with Crippen molar-refractivity contribution in [1.82, 2.24) is 10.6 Å². The van der Waals surface area contributed by atoms with Gasteiger partial charge < -0.3 is 39.8 Å². The van der Waals surface area contributed by atoms with Crippen molar-refractivity contribution in [1.29, 1.82) is 0 Å². The summed E-state index contributed by atoms with van der Waals surface area (Å²) in [6, 6.07) is 0.0604. The number of nitrogens with one attached hydrogen (secondary N) is 2. The minimum Gasteiger partial charge on any atom is -0.457 e. The first kappa shape index (κ1) is 36.4. The molecule has 44 heavy (non-hydrogen) atoms. The summed E-state index contributed by atoms with van der Waals surface area (Å²) >= 11 is 0. The average molecular weight is 621 g/mol. The molecule has 3 rings (SSSR count). The Hall–Kier alpha value is -2.08. The lowest BCUT2D eigenvalue weighted by atomic mass is 9.85. The van der Waals surface area contributed by atoms with Crippen molar-refractivity contribution in [2.45, 2.75) is 134 Å². The third kappa shape index (κ3) is 9.71. The zero-order valence-corrected chi connectivity index (χ0v) is 27.9. The van der Waals surface area contributed by atoms with Crippen LogP contribution in [-0.4, -0.2) is 96.2 Å². The number of epoxide rings is 1. The first-order valence-electron chi connectivity index (χ1n) is 16.2. The number of aliphatic hydroxyl groups excluding tert-OH is 1. The van der Waals surface area contributed by atoms with Crippen molar-refractivity contribution in [2.75, 3.05) is 20.2 Å². The second-order valence-electron chi connectivity index (χ2n) is 13.3. The Labute approximate surface area is 263 Å². The van der Waals surface area contributed by atoms with Crippen LogP contribution in [0, 0.1) is 11.8 Å². The van der Waals surface area contributed by atoms with E-state index in [1.54, 1.807) is 20.1 Å². The summed E-state index contributed by atoms with van der Waals surface area (Å²) in [5.41, 5.74) is -0.983. The molecule has 0 aliphatic carbocycles. The van der Waals surface area contributed by atoms with Gasteiger partial charge in [0.15, 0.2) is 0 Å². The van der Waals surface area contributed by atoms with E-state index >= 15 is 0 Å². The molecule has 2 saturated heterocycles. The van der Waals surface area contributed by atoms with E-state index in [0.717, 1.165) is 31.5 Å². The fraction of sp³-hybridized carbons (Fsp3) is 0.765. The molecular formula is C34H56N2O8. The van der Waals surface area contributed by atoms with Crippen LogP contribution >= 0.6 is 0 Å². The van der Waals surface area contributed by atoms with Gasteiger partial charge in [0.1, 0.15) is 23.9 Å². The monoisotopic (exact) mass is 620 g/mol. The minimum absolute atomic E-state index is 0.0604. The fourth-order valence-corrected chi connectivity index (χ4v) is 6.56. The van der Waals surface area contributed by atoms with Crippen molar-refractivity contribution in [2.24, 2.45) is 11.8 Å². The van der Waals surface area contributed by atoms with Crippen LogP contribution in [-0.2, 0) is 28.5 Å². The average Bonchev–Trinajstić information content (AvgIpc) is 3.76. The molecule has 0 aromatic rings. The van der Waals surface area contributed by atoms with Crippen molar-refractivity contribution in [3.05, 3.63) is 36.0 Å². The number of hydrogen-bond acceptors (Lipinski definition) is 10. The van der Waals surface area contributed by atoms with Gasteiger partial charge in [-0.3, -0.25) is 9.59 Å². The van der Waals surface area contributed by atoms with Gasteiger partial charge in [-0.2, -0.15) is 0 Å². The smallest absolute Gasteiger partial charge is 0.309 e. The maximum atomic E-state index is 12.8. The third-order valence-electron chi connectivity index (χ3n) is 9.44. The van der Waals surface area contributed by atoms with Gasteiger partial charge in [0, 0.05) is 25.9 Å². The van der Waals surface area contributed by atoms with E-state index in [9.17, 15) is 19.8 Å². The van der Waals surface area contributed by atoms with Gasteiger partial charge in [-0.05, 0) is 71.2 Å². The van der Waals surface area contributed by atoms with Gasteiger partial charge in [-0.25, -0.2) is 0 Å². The number of methoxy groups -OCH3 is 1. The van der Waals surface area contributed by atoms with E-state index in [2.05, 4.69) is 37.5 Å². The molecule has 2 unspecified atom stereocenters. The molecule has 10 heteroatoms. The molecule has 0 bridgehead atoms. The summed E-state index contributed by atoms with van der Waals surface area (Å²) in [5.74, 6) is -1.04. The topological polar surface area (TPSA) is 139 Å². The SMILES string of the molecule is CC[C@H](OC)[C@@H](C)[C@H]1O[C@H]1C1NCCCNC1(C)/C=C/C=C(\C)[C@@H]1OC(=O)C[C@H](O)CC[C@@](C)(O)[C@@H](OC(C)=O)/C=C/[C@@H]1C. The van der Waals surface area contributed by atoms with Gasteiger partial charge in [0.25, 0.3) is 0 Å². The number of carbonyl (C=O) groups excluding carboxylic acids is 2. The second kappa shape index (κ2) is 16.0. The molecular weight excluding hydrogens is 564 g/mol. The highest BCUT2D eigenvalue weighted by Crippen LogP contribution is 2.39. The minimum atomic E-state index is -1.41. The van der Waals surface area contributed by atoms with Crippen molar-refractivity contribution in [3.63, 3.8) is 0 Å². The molecule has 250 valence electrons. The molecule has 0 saturated carbocycles. The summed E-state index contributed by atoms with van der Waals surface area (Å²) in [5, 5.41) is 29.0. The van der Waals surface area contributed by atoms with E-state index in [4.69, 9.17) is 18.9 Å². The first-order chi connectivity index (χ1) is 20.7. The zero-order valence-electron chi connectivity index (χ0n) is 27.9. The predicted octanol–water partition coefficient (Wildman–Crippen LogP) is 3.36. The maximum Gasteiger partial charge on any atom is 0.309 e. The van der Waals surface area contributed by atoms with Crippen LogP contribution in [0.15, 0.2) is 36.0 Å². The van der Waals surface area contributed by atoms with Crippen molar-refractivity contribution >= 4 is 11.9 Å². The van der Waals surface area contributed by atoms with Crippen LogP contribution in [0.1, 0.15) is 80.6 Å². The van der Waals surface area contributed by atoms with Crippen molar-refractivity contribution in [3.8, 4) is 0 Å². The number of cyclic esters (lactones) is 1. The predicted molar refractivity (Wildman–Crippen MR) is 169 cm³/mol. The number of aliphatic hydroxyl groups is 2. The summed E-state index contributed by atoms with van der Waals surface area (Å²) in [4.78, 5) is 24.6. The lowest BCUT2D eigenvalue weighted by Gasteiger charge is -2.34. The Morgan fingerprint density at radius 3 is 2.64 bits per heavy atom. The summed E-state index contributed by atoms with van der Waals surface area (Å²) < 4.78 is 23.3. The molecule has 0 radical (unpaired) electrons. The van der Waals surface area contributed by atoms with E-state index < -0.39 is 35.9 Å². The molecule has 4 N–H and O–H groups in total. The van der Waals surface area contributed by atoms with Gasteiger partial charge in [0.05, 0.1) is 36.3 Å². The zero-order chi connectivity index (χ0) is 32.7. The number of carbonyl (C=O) groups is 2. The van der Waals surface area contributed by atoms with Crippen LogP contribution in [0.5, 0.6) is 0 Å². The third-order valence-corrected chi connectivity index (χ3v) is 9.44. The number of hydrogen-bond donors (Lipinski definition) is 4. The van der Waals surface area contributed by atoms with Crippen LogP contribution < -0.4 is 10.6 Å². The lowest BCUT2D eigenvalue weighted by Crippen LogP contribution is -2.58. The molecule has 0 aromatic carbocycles. The number of allylic oxidation sites excluding steroid dienone is 2. The number of ether oxygens (including phenoxy) is 4. The maximum absolute atomic E-state index is 12.8. The standard InChI is InChI=1S/C34H56N2O8/c1-9-26(41-8)23(4)30-31(44-30)32-33(6,36-19-11-18-35-32)16-10-12-21(2)29-22(3)13-14-27(42-24(5)37)34(7,40)17-15-25(38)20-28(39)43-29/h10,12-14,16,22-23,25-27,29-32,35-36,38,40H,9,11,15,17-20H2,1-8H3/b14-13+,16-10+,21-12+/t22-,23+,25+,26-,27-,29-,30+,31+,32?,33?,34+/m0/s1. The second-order valence-corrected chi connectivity index (χ2v) is 13.3. The molecule has 11 atom stereocenters. The largest absolute Gasteiger partial charge is 0.457 e. The Morgan fingerprint density at radius 1 is 1.25 bits per heavy atom. The summed E-state index contributed by atoms with van der Waals surface area (Å²) in [7, 11) is 1.76. The Kier molecular flexibility index (Phi) is 13.2. The number of rotatable bonds is 9. The van der Waals surface area contributed by atoms with Crippen LogP contribution in [0.3, 0.4) is 0 Å². The van der Waals surface area contributed by atoms with E-state index in [0.29, 0.717) is 0 Å². The van der Waals surface area contributed by atoms with Gasteiger partial charge >= 0.3 is 11.9 Å². The van der Waals surface area contributed by atoms with Crippen molar-refractivity contribution < 1.29 is 38.7 Å². The van der Waals surface area contributed by atoms with E-state index in [1.165, 1.54) is 6.92 Å². The van der Waals surface area contributed by atoms with Crippen LogP contribution in [0.4, 0.5) is 0 Å². The fourth-order valence-electron chi connectivity index (χ4n) is 6.56. The molecule has 0 spiro atoms. The van der Waals surface area contributed by atoms with Gasteiger partial charge in [-0.15, -0.1) is 0 Å². The highest BCUT2D eigenvalue weighted by Gasteiger charge is 2.54. The van der Waals surface area contributed by atoms with Crippen LogP contribution in [0.25, 0.3) is 0 Å². The first-order valence-corrected chi connectivity index (χ1v) is 16.2. The molecule has 3 aliphatic rings. The molecule has 0 aromatic heterocycles.